The van der Waals surface area contributed by atoms with E-state index in [2.05, 4.69) is 27.7 Å². The van der Waals surface area contributed by atoms with Crippen molar-refractivity contribution < 1.29 is 10.2 Å². The molecule has 0 saturated heterocycles. The summed E-state index contributed by atoms with van der Waals surface area (Å²) in [4.78, 5) is 0. The second-order valence-electron chi connectivity index (χ2n) is 9.12. The normalized spacial score (nSPS) is 28.1. The Morgan fingerprint density at radius 2 is 1.11 bits per heavy atom. The zero-order valence-electron chi connectivity index (χ0n) is 18.6. The van der Waals surface area contributed by atoms with Gasteiger partial charge in [0, 0.05) is 0 Å². The maximum atomic E-state index is 9.58. The van der Waals surface area contributed by atoms with Gasteiger partial charge in [-0.25, -0.2) is 0 Å². The van der Waals surface area contributed by atoms with E-state index in [4.69, 9.17) is 0 Å². The van der Waals surface area contributed by atoms with Gasteiger partial charge in [0.15, 0.2) is 0 Å². The molecule has 2 N–H and O–H groups in total. The first-order valence-electron chi connectivity index (χ1n) is 11.6. The highest BCUT2D eigenvalue weighted by Crippen LogP contribution is 2.29. The summed E-state index contributed by atoms with van der Waals surface area (Å²) >= 11 is 0. The summed E-state index contributed by atoms with van der Waals surface area (Å²) in [6.45, 7) is 8.76. The van der Waals surface area contributed by atoms with Crippen LogP contribution in [0.25, 0.3) is 0 Å². The van der Waals surface area contributed by atoms with Crippen molar-refractivity contribution >= 4 is 0 Å². The zero-order valence-corrected chi connectivity index (χ0v) is 18.6. The van der Waals surface area contributed by atoms with Gasteiger partial charge in [-0.2, -0.15) is 0 Å². The third kappa shape index (κ3) is 11.8. The molecule has 0 radical (unpaired) electrons. The molecule has 0 aromatic rings. The van der Waals surface area contributed by atoms with Gasteiger partial charge in [-0.15, -0.1) is 0 Å². The largest absolute Gasteiger partial charge is 0.389 e. The van der Waals surface area contributed by atoms with Gasteiger partial charge in [-0.1, -0.05) is 94.9 Å². The van der Waals surface area contributed by atoms with Gasteiger partial charge in [0.05, 0.1) is 12.2 Å². The molecule has 0 fully saturated rings. The number of aliphatic hydroxyl groups is 2. The fourth-order valence-electron chi connectivity index (χ4n) is 4.67. The van der Waals surface area contributed by atoms with Gasteiger partial charge in [-0.3, -0.25) is 0 Å². The number of allylic oxidation sites excluding steroid dienone is 2. The first-order valence-corrected chi connectivity index (χ1v) is 11.6. The summed E-state index contributed by atoms with van der Waals surface area (Å²) in [5.74, 6) is 1.48. The topological polar surface area (TPSA) is 40.5 Å². The molecule has 2 nitrogen and oxygen atoms in total. The zero-order chi connectivity index (χ0) is 20.1. The molecule has 158 valence electrons. The van der Waals surface area contributed by atoms with Crippen molar-refractivity contribution in [3.05, 3.63) is 23.3 Å². The van der Waals surface area contributed by atoms with E-state index in [-0.39, 0.29) is 12.2 Å². The Bertz CT molecular complexity index is 438. The molecular weight excluding hydrogens is 332 g/mol. The van der Waals surface area contributed by atoms with Gasteiger partial charge in [0.25, 0.3) is 0 Å². The lowest BCUT2D eigenvalue weighted by molar-refractivity contribution is 0.170. The van der Waals surface area contributed by atoms with Crippen LogP contribution in [-0.2, 0) is 0 Å². The van der Waals surface area contributed by atoms with Gasteiger partial charge < -0.3 is 10.2 Å². The SMILES string of the molecule is CCCCCC1CC(C)=CC(O)C1.CCCCCCC1CC(C)=CC(O)C1. The average Bonchev–Trinajstić information content (AvgIpc) is 2.58. The Morgan fingerprint density at radius 1 is 0.704 bits per heavy atom. The molecule has 0 spiro atoms. The fraction of sp³-hybridized carbons (Fsp3) is 0.840. The molecular formula is C25H46O2. The second-order valence-corrected chi connectivity index (χ2v) is 9.12. The maximum absolute atomic E-state index is 9.58. The van der Waals surface area contributed by atoms with Crippen LogP contribution in [0.15, 0.2) is 23.3 Å². The monoisotopic (exact) mass is 378 g/mol. The number of rotatable bonds is 9. The first kappa shape index (κ1) is 24.4. The van der Waals surface area contributed by atoms with Crippen LogP contribution in [0.1, 0.15) is 111 Å². The number of aliphatic hydroxyl groups excluding tert-OH is 2. The van der Waals surface area contributed by atoms with Crippen molar-refractivity contribution in [2.45, 2.75) is 123 Å². The number of hydrogen-bond donors (Lipinski definition) is 2. The van der Waals surface area contributed by atoms with Crippen LogP contribution in [0.5, 0.6) is 0 Å². The molecule has 0 heterocycles. The smallest absolute Gasteiger partial charge is 0.0726 e. The fourth-order valence-corrected chi connectivity index (χ4v) is 4.67. The summed E-state index contributed by atoms with van der Waals surface area (Å²) < 4.78 is 0. The van der Waals surface area contributed by atoms with Crippen LogP contribution < -0.4 is 0 Å². The molecule has 4 unspecified atom stereocenters. The van der Waals surface area contributed by atoms with Crippen molar-refractivity contribution in [2.75, 3.05) is 0 Å². The Labute approximate surface area is 169 Å². The molecule has 0 amide bonds. The Morgan fingerprint density at radius 3 is 1.52 bits per heavy atom. The third-order valence-corrected chi connectivity index (χ3v) is 6.01. The van der Waals surface area contributed by atoms with E-state index in [1.807, 2.05) is 12.2 Å². The molecule has 2 rings (SSSR count). The standard InChI is InChI=1S/C13H24O.C12H22O/c1-3-4-5-6-7-12-8-11(2)9-13(14)10-12;1-3-4-5-6-11-7-10(2)8-12(13)9-11/h9,12-14H,3-8,10H2,1-2H3;8,11-13H,3-7,9H2,1-2H3. The van der Waals surface area contributed by atoms with E-state index in [9.17, 15) is 10.2 Å². The molecule has 2 aliphatic carbocycles. The molecule has 0 aromatic heterocycles. The van der Waals surface area contributed by atoms with Gasteiger partial charge in [0.1, 0.15) is 0 Å². The van der Waals surface area contributed by atoms with E-state index in [0.717, 1.165) is 24.7 Å². The number of hydrogen-bond acceptors (Lipinski definition) is 2. The second kappa shape index (κ2) is 14.4. The molecule has 2 heteroatoms. The van der Waals surface area contributed by atoms with Crippen molar-refractivity contribution in [2.24, 2.45) is 11.8 Å². The van der Waals surface area contributed by atoms with E-state index in [0.29, 0.717) is 0 Å². The highest BCUT2D eigenvalue weighted by Gasteiger charge is 2.19. The summed E-state index contributed by atoms with van der Waals surface area (Å²) in [5, 5.41) is 19.1. The molecule has 2 aliphatic rings. The van der Waals surface area contributed by atoms with Crippen LogP contribution in [0.4, 0.5) is 0 Å². The predicted octanol–water partition coefficient (Wildman–Crippen LogP) is 6.96. The van der Waals surface area contributed by atoms with Gasteiger partial charge >= 0.3 is 0 Å². The summed E-state index contributed by atoms with van der Waals surface area (Å²) in [5.41, 5.74) is 2.75. The van der Waals surface area contributed by atoms with Crippen LogP contribution in [0.3, 0.4) is 0 Å². The van der Waals surface area contributed by atoms with Crippen molar-refractivity contribution in [1.29, 1.82) is 0 Å². The van der Waals surface area contributed by atoms with Crippen molar-refractivity contribution in [1.82, 2.24) is 0 Å². The van der Waals surface area contributed by atoms with Crippen molar-refractivity contribution in [3.8, 4) is 0 Å². The number of unbranched alkanes of at least 4 members (excludes halogenated alkanes) is 5. The average molecular weight is 379 g/mol. The van der Waals surface area contributed by atoms with Crippen molar-refractivity contribution in [3.63, 3.8) is 0 Å². The lowest BCUT2D eigenvalue weighted by Crippen LogP contribution is -2.17. The van der Waals surface area contributed by atoms with E-state index < -0.39 is 0 Å². The lowest BCUT2D eigenvalue weighted by atomic mass is 9.84. The molecule has 4 atom stereocenters. The first-order chi connectivity index (χ1) is 12.9. The van der Waals surface area contributed by atoms with Crippen LogP contribution >= 0.6 is 0 Å². The molecule has 0 aliphatic heterocycles. The van der Waals surface area contributed by atoms with E-state index in [1.54, 1.807) is 0 Å². The maximum Gasteiger partial charge on any atom is 0.0726 e. The van der Waals surface area contributed by atoms with Gasteiger partial charge in [0.2, 0.25) is 0 Å². The van der Waals surface area contributed by atoms with Crippen LogP contribution in [0, 0.1) is 11.8 Å². The minimum Gasteiger partial charge on any atom is -0.389 e. The summed E-state index contributed by atoms with van der Waals surface area (Å²) in [7, 11) is 0. The minimum absolute atomic E-state index is 0.166. The predicted molar refractivity (Wildman–Crippen MR) is 118 cm³/mol. The van der Waals surface area contributed by atoms with E-state index >= 15 is 0 Å². The Kier molecular flexibility index (Phi) is 13.0. The summed E-state index contributed by atoms with van der Waals surface area (Å²) in [6, 6.07) is 0. The molecule has 27 heavy (non-hydrogen) atoms. The van der Waals surface area contributed by atoms with Crippen LogP contribution in [-0.4, -0.2) is 22.4 Å². The molecule has 0 aromatic carbocycles. The van der Waals surface area contributed by atoms with E-state index in [1.165, 1.54) is 81.8 Å². The molecule has 0 bridgehead atoms. The lowest BCUT2D eigenvalue weighted by Gasteiger charge is -2.24. The Hall–Kier alpha value is -0.600. The summed E-state index contributed by atoms with van der Waals surface area (Å²) in [6.07, 6.45) is 20.1. The highest BCUT2D eigenvalue weighted by atomic mass is 16.3. The molecule has 0 saturated carbocycles. The van der Waals surface area contributed by atoms with Gasteiger partial charge in [-0.05, 0) is 51.4 Å². The quantitative estimate of drug-likeness (QED) is 0.336. The minimum atomic E-state index is -0.167. The third-order valence-electron chi connectivity index (χ3n) is 6.01. The Balaban J connectivity index is 0.000000271. The van der Waals surface area contributed by atoms with Crippen LogP contribution in [0.2, 0.25) is 0 Å². The highest BCUT2D eigenvalue weighted by molar-refractivity contribution is 5.08.